The molecule has 0 rings (SSSR count). The van der Waals surface area contributed by atoms with Gasteiger partial charge in [0.1, 0.15) is 9.84 Å². The summed E-state index contributed by atoms with van der Waals surface area (Å²) in [6.45, 7) is 0. The van der Waals surface area contributed by atoms with Gasteiger partial charge in [0.25, 0.3) is 0 Å². The maximum absolute atomic E-state index is 11.1. The Labute approximate surface area is 81.3 Å². The zero-order valence-electron chi connectivity index (χ0n) is 7.52. The zero-order valence-corrected chi connectivity index (χ0v) is 9.16. The van der Waals surface area contributed by atoms with Crippen molar-refractivity contribution in [2.24, 2.45) is 0 Å². The minimum Gasteiger partial charge on any atom is -0.260 e. The van der Waals surface area contributed by atoms with Gasteiger partial charge in [-0.25, -0.2) is 8.42 Å². The van der Waals surface area contributed by atoms with Gasteiger partial charge in [-0.3, -0.25) is 4.21 Å². The predicted octanol–water partition coefficient (Wildman–Crippen LogP) is 0.0835. The summed E-state index contributed by atoms with van der Waals surface area (Å²) in [5.41, 5.74) is 0. The Balaban J connectivity index is 3.60. The molecule has 0 saturated heterocycles. The molecule has 0 radical (unpaired) electrons. The first-order valence-corrected chi connectivity index (χ1v) is 7.40. The number of hydrogen-bond donors (Lipinski definition) is 0. The van der Waals surface area contributed by atoms with Gasteiger partial charge in [0.2, 0.25) is 0 Å². The van der Waals surface area contributed by atoms with Crippen LogP contribution >= 0.6 is 0 Å². The van der Waals surface area contributed by atoms with Crippen LogP contribution in [0.15, 0.2) is 0 Å². The van der Waals surface area contributed by atoms with Crippen LogP contribution in [0.1, 0.15) is 12.8 Å². The summed E-state index contributed by atoms with van der Waals surface area (Å²) >= 11 is 0. The molecule has 0 aromatic carbocycles. The Bertz CT molecular complexity index is 302. The van der Waals surface area contributed by atoms with Crippen LogP contribution in [0.2, 0.25) is 0 Å². The molecule has 0 saturated carbocycles. The number of hydrogen-bond acceptors (Lipinski definition) is 4. The molecule has 1 atom stereocenters. The van der Waals surface area contributed by atoms with Crippen molar-refractivity contribution in [3.05, 3.63) is 0 Å². The van der Waals surface area contributed by atoms with E-state index in [2.05, 4.69) is 0 Å². The van der Waals surface area contributed by atoms with Crippen molar-refractivity contribution in [3.8, 4) is 6.07 Å². The average molecular weight is 223 g/mol. The summed E-state index contributed by atoms with van der Waals surface area (Å²) in [5, 5.41) is 8.19. The van der Waals surface area contributed by atoms with Gasteiger partial charge >= 0.3 is 0 Å². The van der Waals surface area contributed by atoms with Crippen LogP contribution < -0.4 is 0 Å². The van der Waals surface area contributed by atoms with E-state index in [4.69, 9.17) is 5.26 Å². The van der Waals surface area contributed by atoms with Crippen LogP contribution in [0.25, 0.3) is 0 Å². The van der Waals surface area contributed by atoms with Crippen molar-refractivity contribution in [2.45, 2.75) is 12.8 Å². The monoisotopic (exact) mass is 223 g/mol. The second-order valence-electron chi connectivity index (χ2n) is 2.74. The predicted molar refractivity (Wildman–Crippen MR) is 52.4 cm³/mol. The van der Waals surface area contributed by atoms with Gasteiger partial charge in [-0.05, 0) is 6.42 Å². The SMILES string of the molecule is CS(=O)(=O)CCS(=O)CCCC#N. The van der Waals surface area contributed by atoms with E-state index in [-0.39, 0.29) is 11.5 Å². The molecular weight excluding hydrogens is 210 g/mol. The van der Waals surface area contributed by atoms with Gasteiger partial charge < -0.3 is 0 Å². The third kappa shape index (κ3) is 9.50. The van der Waals surface area contributed by atoms with Crippen LogP contribution in [0.5, 0.6) is 0 Å². The van der Waals surface area contributed by atoms with Gasteiger partial charge in [-0.1, -0.05) is 0 Å². The molecule has 0 heterocycles. The van der Waals surface area contributed by atoms with Crippen LogP contribution in [0.3, 0.4) is 0 Å². The molecule has 4 nitrogen and oxygen atoms in total. The molecule has 1 unspecified atom stereocenters. The van der Waals surface area contributed by atoms with Gasteiger partial charge in [0.05, 0.1) is 11.8 Å². The number of nitriles is 1. The summed E-state index contributed by atoms with van der Waals surface area (Å²) in [6.07, 6.45) is 2.08. The average Bonchev–Trinajstić information content (AvgIpc) is 2.00. The molecular formula is C7H13NO3S2. The largest absolute Gasteiger partial charge is 0.260 e. The molecule has 0 aliphatic rings. The summed E-state index contributed by atoms with van der Waals surface area (Å²) in [7, 11) is -4.11. The van der Waals surface area contributed by atoms with E-state index in [0.717, 1.165) is 6.26 Å². The van der Waals surface area contributed by atoms with E-state index in [1.807, 2.05) is 6.07 Å². The second-order valence-corrected chi connectivity index (χ2v) is 6.70. The lowest BCUT2D eigenvalue weighted by Crippen LogP contribution is -2.13. The van der Waals surface area contributed by atoms with E-state index in [1.54, 1.807) is 0 Å². The molecule has 76 valence electrons. The standard InChI is InChI=1S/C7H13NO3S2/c1-13(10,11)7-6-12(9)5-3-2-4-8/h2-3,5-7H2,1H3. The molecule has 0 aromatic heterocycles. The minimum atomic E-state index is -3.01. The minimum absolute atomic E-state index is 0.0356. The Hall–Kier alpha value is -0.410. The number of rotatable bonds is 6. The summed E-state index contributed by atoms with van der Waals surface area (Å²) < 4.78 is 32.5. The summed E-state index contributed by atoms with van der Waals surface area (Å²) in [6, 6.07) is 1.94. The van der Waals surface area contributed by atoms with Crippen LogP contribution in [0.4, 0.5) is 0 Å². The molecule has 0 fully saturated rings. The number of nitrogens with zero attached hydrogens (tertiary/aromatic N) is 1. The Morgan fingerprint density at radius 2 is 2.00 bits per heavy atom. The van der Waals surface area contributed by atoms with E-state index in [1.165, 1.54) is 0 Å². The van der Waals surface area contributed by atoms with Gasteiger partial charge in [0, 0.05) is 35.0 Å². The molecule has 0 aromatic rings. The van der Waals surface area contributed by atoms with Crippen molar-refractivity contribution in [1.29, 1.82) is 5.26 Å². The fourth-order valence-electron chi connectivity index (χ4n) is 0.659. The first-order chi connectivity index (χ1) is 5.95. The molecule has 0 spiro atoms. The molecule has 0 aliphatic heterocycles. The third-order valence-electron chi connectivity index (χ3n) is 1.34. The smallest absolute Gasteiger partial charge is 0.148 e. The van der Waals surface area contributed by atoms with E-state index in [0.29, 0.717) is 18.6 Å². The normalized spacial score (nSPS) is 13.5. The molecule has 6 heteroatoms. The molecule has 0 bridgehead atoms. The van der Waals surface area contributed by atoms with E-state index >= 15 is 0 Å². The Morgan fingerprint density at radius 3 is 2.46 bits per heavy atom. The van der Waals surface area contributed by atoms with Crippen molar-refractivity contribution >= 4 is 20.6 Å². The summed E-state index contributed by atoms with van der Waals surface area (Å²) in [5.74, 6) is 0.569. The Morgan fingerprint density at radius 1 is 1.38 bits per heavy atom. The van der Waals surface area contributed by atoms with Crippen molar-refractivity contribution in [1.82, 2.24) is 0 Å². The van der Waals surface area contributed by atoms with Crippen LogP contribution in [-0.4, -0.2) is 36.1 Å². The maximum Gasteiger partial charge on any atom is 0.148 e. The second kappa shape index (κ2) is 6.11. The number of sulfone groups is 1. The fourth-order valence-corrected chi connectivity index (χ4v) is 3.28. The Kier molecular flexibility index (Phi) is 5.91. The highest BCUT2D eigenvalue weighted by Gasteiger charge is 2.05. The highest BCUT2D eigenvalue weighted by atomic mass is 32.2. The molecule has 13 heavy (non-hydrogen) atoms. The third-order valence-corrected chi connectivity index (χ3v) is 3.95. The van der Waals surface area contributed by atoms with Crippen molar-refractivity contribution < 1.29 is 12.6 Å². The molecule has 0 N–H and O–H groups in total. The topological polar surface area (TPSA) is 75.0 Å². The fraction of sp³-hybridized carbons (Fsp3) is 0.857. The van der Waals surface area contributed by atoms with Gasteiger partial charge in [-0.15, -0.1) is 0 Å². The zero-order chi connectivity index (χ0) is 10.3. The first kappa shape index (κ1) is 12.6. The lowest BCUT2D eigenvalue weighted by Gasteiger charge is -1.98. The highest BCUT2D eigenvalue weighted by molar-refractivity contribution is 7.92. The van der Waals surface area contributed by atoms with Gasteiger partial charge in [0.15, 0.2) is 0 Å². The highest BCUT2D eigenvalue weighted by Crippen LogP contribution is 1.94. The van der Waals surface area contributed by atoms with E-state index < -0.39 is 20.6 Å². The lowest BCUT2D eigenvalue weighted by atomic mass is 10.4. The first-order valence-electron chi connectivity index (χ1n) is 3.85. The maximum atomic E-state index is 11.1. The van der Waals surface area contributed by atoms with Gasteiger partial charge in [-0.2, -0.15) is 5.26 Å². The quantitative estimate of drug-likeness (QED) is 0.598. The summed E-state index contributed by atoms with van der Waals surface area (Å²) in [4.78, 5) is 0. The van der Waals surface area contributed by atoms with Crippen LogP contribution in [0, 0.1) is 11.3 Å². The molecule has 0 amide bonds. The lowest BCUT2D eigenvalue weighted by molar-refractivity contribution is 0.602. The van der Waals surface area contributed by atoms with E-state index in [9.17, 15) is 12.6 Å². The molecule has 0 aliphatic carbocycles. The van der Waals surface area contributed by atoms with Crippen molar-refractivity contribution in [3.63, 3.8) is 0 Å². The van der Waals surface area contributed by atoms with Crippen LogP contribution in [-0.2, 0) is 20.6 Å². The van der Waals surface area contributed by atoms with Crippen molar-refractivity contribution in [2.75, 3.05) is 23.5 Å². The number of unbranched alkanes of at least 4 members (excludes halogenated alkanes) is 1.